The van der Waals surface area contributed by atoms with Crippen LogP contribution in [0.1, 0.15) is 27.0 Å². The summed E-state index contributed by atoms with van der Waals surface area (Å²) in [4.78, 5) is 14.7. The van der Waals surface area contributed by atoms with Crippen LogP contribution in [0.4, 0.5) is 24.5 Å². The van der Waals surface area contributed by atoms with Crippen LogP contribution < -0.4 is 5.32 Å². The van der Waals surface area contributed by atoms with Crippen molar-refractivity contribution in [2.75, 3.05) is 5.32 Å². The molecule has 2 aromatic rings. The van der Waals surface area contributed by atoms with Gasteiger partial charge < -0.3 is 5.32 Å². The van der Waals surface area contributed by atoms with Crippen molar-refractivity contribution in [1.82, 2.24) is 0 Å². The van der Waals surface area contributed by atoms with E-state index in [0.29, 0.717) is 23.4 Å². The number of carbonyl (C=O) groups excluding carboxylic acids is 1. The van der Waals surface area contributed by atoms with Gasteiger partial charge in [-0.15, -0.1) is 6.42 Å². The Bertz CT molecular complexity index is 922. The third kappa shape index (κ3) is 4.31. The highest BCUT2D eigenvalue weighted by molar-refractivity contribution is 6.05. The van der Waals surface area contributed by atoms with E-state index in [1.807, 2.05) is 0 Å². The van der Waals surface area contributed by atoms with E-state index >= 15 is 0 Å². The van der Waals surface area contributed by atoms with Crippen LogP contribution in [0.5, 0.6) is 0 Å². The van der Waals surface area contributed by atoms with Crippen molar-refractivity contribution in [3.8, 4) is 12.3 Å². The van der Waals surface area contributed by atoms with Gasteiger partial charge in [0.25, 0.3) is 5.91 Å². The molecule has 0 heterocycles. The summed E-state index contributed by atoms with van der Waals surface area (Å²) in [5.74, 6) is 1.66. The lowest BCUT2D eigenvalue weighted by atomic mass is 10.1. The normalized spacial score (nSPS) is 10.5. The Morgan fingerprint density at radius 1 is 1.28 bits per heavy atom. The summed E-state index contributed by atoms with van der Waals surface area (Å²) in [5, 5.41) is 5.62. The number of halogens is 3. The first-order valence-corrected chi connectivity index (χ1v) is 6.90. The zero-order chi connectivity index (χ0) is 18.6. The highest BCUT2D eigenvalue weighted by atomic mass is 19.4. The SMILES string of the molecule is C#Cc1cc(NC(=O)c2cc(N=[N+]=[N-])cc(C(F)(F)F)c2)ccc1C. The van der Waals surface area contributed by atoms with E-state index in [1.165, 1.54) is 6.07 Å². The van der Waals surface area contributed by atoms with E-state index in [4.69, 9.17) is 12.0 Å². The first kappa shape index (κ1) is 17.9. The molecular formula is C17H11F3N4O. The number of aryl methyl sites for hydroxylation is 1. The van der Waals surface area contributed by atoms with Gasteiger partial charge in [0.1, 0.15) is 0 Å². The molecule has 0 aliphatic rings. The molecule has 0 fully saturated rings. The molecule has 1 amide bonds. The Morgan fingerprint density at radius 3 is 2.60 bits per heavy atom. The average Bonchev–Trinajstić information content (AvgIpc) is 2.55. The number of terminal acetylenes is 1. The number of amides is 1. The fourth-order valence-electron chi connectivity index (χ4n) is 2.07. The zero-order valence-electron chi connectivity index (χ0n) is 12.9. The molecule has 0 spiro atoms. The summed E-state index contributed by atoms with van der Waals surface area (Å²) < 4.78 is 38.8. The fraction of sp³-hybridized carbons (Fsp3) is 0.118. The van der Waals surface area contributed by atoms with E-state index in [0.717, 1.165) is 11.6 Å². The summed E-state index contributed by atoms with van der Waals surface area (Å²) in [7, 11) is 0. The van der Waals surface area contributed by atoms with Crippen molar-refractivity contribution < 1.29 is 18.0 Å². The third-order valence-electron chi connectivity index (χ3n) is 3.32. The van der Waals surface area contributed by atoms with Gasteiger partial charge in [-0.1, -0.05) is 17.1 Å². The lowest BCUT2D eigenvalue weighted by Gasteiger charge is -2.11. The van der Waals surface area contributed by atoms with Gasteiger partial charge in [0.05, 0.1) is 5.56 Å². The maximum atomic E-state index is 12.9. The Labute approximate surface area is 141 Å². The molecule has 0 aliphatic carbocycles. The zero-order valence-corrected chi connectivity index (χ0v) is 12.9. The number of nitrogens with zero attached hydrogens (tertiary/aromatic N) is 3. The van der Waals surface area contributed by atoms with Crippen molar-refractivity contribution in [2.45, 2.75) is 13.1 Å². The van der Waals surface area contributed by atoms with Gasteiger partial charge in [-0.25, -0.2) is 0 Å². The summed E-state index contributed by atoms with van der Waals surface area (Å²) in [6, 6.07) is 7.22. The topological polar surface area (TPSA) is 77.9 Å². The number of azide groups is 1. The van der Waals surface area contributed by atoms with Gasteiger partial charge in [-0.05, 0) is 48.4 Å². The Hall–Kier alpha value is -3.43. The fourth-order valence-corrected chi connectivity index (χ4v) is 2.07. The Balaban J connectivity index is 2.40. The van der Waals surface area contributed by atoms with Crippen molar-refractivity contribution in [1.29, 1.82) is 0 Å². The second-order valence-corrected chi connectivity index (χ2v) is 5.08. The largest absolute Gasteiger partial charge is 0.416 e. The van der Waals surface area contributed by atoms with Gasteiger partial charge in [0.2, 0.25) is 0 Å². The number of carbonyl (C=O) groups is 1. The van der Waals surface area contributed by atoms with E-state index in [2.05, 4.69) is 21.3 Å². The van der Waals surface area contributed by atoms with Crippen LogP contribution >= 0.6 is 0 Å². The summed E-state index contributed by atoms with van der Waals surface area (Å²) >= 11 is 0. The van der Waals surface area contributed by atoms with Crippen LogP contribution in [0.3, 0.4) is 0 Å². The highest BCUT2D eigenvalue weighted by Gasteiger charge is 2.31. The van der Waals surface area contributed by atoms with E-state index in [1.54, 1.807) is 19.1 Å². The van der Waals surface area contributed by atoms with Crippen LogP contribution in [-0.2, 0) is 6.18 Å². The molecule has 0 atom stereocenters. The average molecular weight is 344 g/mol. The van der Waals surface area contributed by atoms with Crippen molar-refractivity contribution in [2.24, 2.45) is 5.11 Å². The lowest BCUT2D eigenvalue weighted by molar-refractivity contribution is -0.137. The van der Waals surface area contributed by atoms with Crippen LogP contribution in [0.25, 0.3) is 10.4 Å². The van der Waals surface area contributed by atoms with Gasteiger partial charge in [-0.2, -0.15) is 13.2 Å². The Morgan fingerprint density at radius 2 is 2.00 bits per heavy atom. The first-order valence-electron chi connectivity index (χ1n) is 6.90. The maximum Gasteiger partial charge on any atom is 0.416 e. The minimum Gasteiger partial charge on any atom is -0.322 e. The number of nitrogens with one attached hydrogen (secondary N) is 1. The van der Waals surface area contributed by atoms with Crippen molar-refractivity contribution >= 4 is 17.3 Å². The highest BCUT2D eigenvalue weighted by Crippen LogP contribution is 2.33. The van der Waals surface area contributed by atoms with Gasteiger partial charge in [0, 0.05) is 27.4 Å². The van der Waals surface area contributed by atoms with E-state index in [-0.39, 0.29) is 11.3 Å². The molecule has 0 aromatic heterocycles. The molecule has 126 valence electrons. The van der Waals surface area contributed by atoms with Crippen LogP contribution in [-0.4, -0.2) is 5.91 Å². The molecule has 5 nitrogen and oxygen atoms in total. The second kappa shape index (κ2) is 6.99. The van der Waals surface area contributed by atoms with Crippen molar-refractivity contribution in [3.05, 3.63) is 69.1 Å². The molecule has 1 N–H and O–H groups in total. The first-order chi connectivity index (χ1) is 11.7. The summed E-state index contributed by atoms with van der Waals surface area (Å²) in [6.45, 7) is 1.79. The minimum absolute atomic E-state index is 0.292. The van der Waals surface area contributed by atoms with Crippen LogP contribution in [0.2, 0.25) is 0 Å². The Kier molecular flexibility index (Phi) is 5.01. The number of benzene rings is 2. The molecule has 2 rings (SSSR count). The molecule has 0 aliphatic heterocycles. The predicted octanol–water partition coefficient (Wildman–Crippen LogP) is 5.19. The van der Waals surface area contributed by atoms with Gasteiger partial charge in [0.15, 0.2) is 0 Å². The quantitative estimate of drug-likeness (QED) is 0.354. The predicted molar refractivity (Wildman–Crippen MR) is 87.3 cm³/mol. The van der Waals surface area contributed by atoms with Crippen molar-refractivity contribution in [3.63, 3.8) is 0 Å². The van der Waals surface area contributed by atoms with E-state index in [9.17, 15) is 18.0 Å². The molecule has 0 unspecified atom stereocenters. The third-order valence-corrected chi connectivity index (χ3v) is 3.32. The van der Waals surface area contributed by atoms with Gasteiger partial charge in [-0.3, -0.25) is 4.79 Å². The molecule has 0 bridgehead atoms. The number of hydrogen-bond acceptors (Lipinski definition) is 2. The lowest BCUT2D eigenvalue weighted by Crippen LogP contribution is -2.14. The van der Waals surface area contributed by atoms with Crippen LogP contribution in [0, 0.1) is 19.3 Å². The number of alkyl halides is 3. The second-order valence-electron chi connectivity index (χ2n) is 5.08. The molecule has 2 aromatic carbocycles. The monoisotopic (exact) mass is 344 g/mol. The number of rotatable bonds is 3. The number of hydrogen-bond donors (Lipinski definition) is 1. The maximum absolute atomic E-state index is 12.9. The molecule has 0 radical (unpaired) electrons. The standard InChI is InChI=1S/C17H11F3N4O/c1-3-11-7-14(5-4-10(11)2)22-16(25)12-6-13(17(18,19)20)9-15(8-12)23-24-21/h1,4-9H,2H3,(H,22,25). The van der Waals surface area contributed by atoms with Gasteiger partial charge >= 0.3 is 6.18 Å². The molecule has 0 saturated heterocycles. The van der Waals surface area contributed by atoms with E-state index < -0.39 is 17.6 Å². The summed E-state index contributed by atoms with van der Waals surface area (Å²) in [5.41, 5.74) is 8.45. The summed E-state index contributed by atoms with van der Waals surface area (Å²) in [6.07, 6.45) is 0.664. The number of anilines is 1. The minimum atomic E-state index is -4.68. The molecular weight excluding hydrogens is 333 g/mol. The molecule has 25 heavy (non-hydrogen) atoms. The molecule has 8 heteroatoms. The molecule has 0 saturated carbocycles. The smallest absolute Gasteiger partial charge is 0.322 e. The van der Waals surface area contributed by atoms with Crippen LogP contribution in [0.15, 0.2) is 41.5 Å².